The van der Waals surface area contributed by atoms with E-state index in [1.165, 1.54) is 25.1 Å². The number of rotatable bonds is 5. The number of nitrogens with zero attached hydrogens (tertiary/aromatic N) is 4. The van der Waals surface area contributed by atoms with Gasteiger partial charge in [-0.2, -0.15) is 5.10 Å². The molecule has 0 bridgehead atoms. The summed E-state index contributed by atoms with van der Waals surface area (Å²) in [6.07, 6.45) is 4.24. The number of ether oxygens (including phenoxy) is 1. The van der Waals surface area contributed by atoms with Gasteiger partial charge in [-0.1, -0.05) is 36.8 Å². The van der Waals surface area contributed by atoms with Crippen LogP contribution in [0.3, 0.4) is 0 Å². The molecule has 4 heterocycles. The number of carbonyl (C=O) groups is 1. The first kappa shape index (κ1) is 21.0. The fraction of sp³-hybridized carbons (Fsp3) is 0.458. The molecule has 2 fully saturated rings. The Balaban J connectivity index is 1.41. The minimum atomic E-state index is -2.76. The molecule has 5 rings (SSSR count). The third-order valence-electron chi connectivity index (χ3n) is 6.67. The summed E-state index contributed by atoms with van der Waals surface area (Å²) in [7, 11) is 0. The Kier molecular flexibility index (Phi) is 5.87. The molecule has 2 atom stereocenters. The summed E-state index contributed by atoms with van der Waals surface area (Å²) in [6, 6.07) is 10.8. The number of piperidine rings is 2. The number of halogens is 2. The lowest BCUT2D eigenvalue weighted by Crippen LogP contribution is -2.49. The van der Waals surface area contributed by atoms with E-state index in [-0.39, 0.29) is 16.9 Å². The molecule has 0 aliphatic carbocycles. The van der Waals surface area contributed by atoms with Gasteiger partial charge in [0, 0.05) is 17.5 Å². The lowest BCUT2D eigenvalue weighted by atomic mass is 9.84. The molecule has 32 heavy (non-hydrogen) atoms. The van der Waals surface area contributed by atoms with Crippen LogP contribution in [0, 0.1) is 5.92 Å². The highest BCUT2D eigenvalue weighted by Crippen LogP contribution is 2.31. The van der Waals surface area contributed by atoms with Gasteiger partial charge in [0.05, 0.1) is 18.5 Å². The van der Waals surface area contributed by atoms with Crippen molar-refractivity contribution < 1.29 is 18.3 Å². The summed E-state index contributed by atoms with van der Waals surface area (Å²) in [5, 5.41) is 4.02. The number of hydrogen-bond donors (Lipinski definition) is 0. The van der Waals surface area contributed by atoms with Gasteiger partial charge in [0.2, 0.25) is 0 Å². The van der Waals surface area contributed by atoms with Crippen molar-refractivity contribution in [2.75, 3.05) is 19.7 Å². The zero-order valence-corrected chi connectivity index (χ0v) is 17.8. The van der Waals surface area contributed by atoms with Gasteiger partial charge in [-0.3, -0.25) is 4.90 Å². The fourth-order valence-corrected chi connectivity index (χ4v) is 5.07. The zero-order chi connectivity index (χ0) is 22.1. The average molecular weight is 440 g/mol. The number of fused-ring (bicyclic) bond motifs is 2. The Bertz CT molecular complexity index is 1100. The van der Waals surface area contributed by atoms with Gasteiger partial charge in [-0.05, 0) is 44.8 Å². The van der Waals surface area contributed by atoms with Crippen molar-refractivity contribution in [2.45, 2.75) is 44.6 Å². The molecule has 2 saturated heterocycles. The second-order valence-electron chi connectivity index (χ2n) is 8.63. The van der Waals surface area contributed by atoms with Crippen molar-refractivity contribution in [1.82, 2.24) is 19.5 Å². The number of esters is 1. The Labute approximate surface area is 185 Å². The SMILES string of the molecule is O=C(OCC1CCCN2CCCCC12)c1cnn2c(C(F)F)cc(-c3ccccc3)nc12. The summed E-state index contributed by atoms with van der Waals surface area (Å²) < 4.78 is 34.2. The van der Waals surface area contributed by atoms with Crippen LogP contribution >= 0.6 is 0 Å². The lowest BCUT2D eigenvalue weighted by Gasteiger charge is -2.44. The number of carbonyl (C=O) groups excluding carboxylic acids is 1. The van der Waals surface area contributed by atoms with E-state index in [4.69, 9.17) is 4.74 Å². The van der Waals surface area contributed by atoms with Crippen molar-refractivity contribution in [1.29, 1.82) is 0 Å². The van der Waals surface area contributed by atoms with Gasteiger partial charge in [-0.25, -0.2) is 23.1 Å². The molecule has 0 N–H and O–H groups in total. The highest BCUT2D eigenvalue weighted by Gasteiger charge is 2.34. The van der Waals surface area contributed by atoms with Gasteiger partial charge in [0.15, 0.2) is 5.65 Å². The summed E-state index contributed by atoms with van der Waals surface area (Å²) >= 11 is 0. The maximum atomic E-state index is 13.7. The highest BCUT2D eigenvalue weighted by molar-refractivity contribution is 5.96. The van der Waals surface area contributed by atoms with Gasteiger partial charge >= 0.3 is 5.97 Å². The maximum Gasteiger partial charge on any atom is 0.343 e. The van der Waals surface area contributed by atoms with E-state index < -0.39 is 12.4 Å². The molecule has 0 spiro atoms. The van der Waals surface area contributed by atoms with E-state index in [0.29, 0.717) is 29.8 Å². The number of benzene rings is 1. The molecule has 6 nitrogen and oxygen atoms in total. The number of hydrogen-bond acceptors (Lipinski definition) is 5. The van der Waals surface area contributed by atoms with Crippen molar-refractivity contribution in [3.05, 3.63) is 53.9 Å². The topological polar surface area (TPSA) is 59.7 Å². The first-order chi connectivity index (χ1) is 15.6. The minimum absolute atomic E-state index is 0.0922. The van der Waals surface area contributed by atoms with Crippen LogP contribution in [-0.2, 0) is 4.74 Å². The molecule has 0 amide bonds. The standard InChI is InChI=1S/C24H26F2N4O2/c25-22(26)21-13-19(16-7-2-1-3-8-16)28-23-18(14-27-30(21)23)24(31)32-15-17-9-6-12-29-11-5-4-10-20(17)29/h1-3,7-8,13-14,17,20,22H,4-6,9-12,15H2. The van der Waals surface area contributed by atoms with Crippen molar-refractivity contribution in [2.24, 2.45) is 5.92 Å². The summed E-state index contributed by atoms with van der Waals surface area (Å²) in [6.45, 7) is 2.56. The molecule has 8 heteroatoms. The van der Waals surface area contributed by atoms with E-state index in [1.807, 2.05) is 18.2 Å². The van der Waals surface area contributed by atoms with E-state index >= 15 is 0 Å². The highest BCUT2D eigenvalue weighted by atomic mass is 19.3. The number of alkyl halides is 2. The molecule has 2 unspecified atom stereocenters. The van der Waals surface area contributed by atoms with E-state index in [9.17, 15) is 13.6 Å². The Hall–Kier alpha value is -2.87. The van der Waals surface area contributed by atoms with E-state index in [2.05, 4.69) is 15.0 Å². The molecule has 0 radical (unpaired) electrons. The van der Waals surface area contributed by atoms with Gasteiger partial charge in [0.25, 0.3) is 6.43 Å². The van der Waals surface area contributed by atoms with Crippen LogP contribution in [0.15, 0.2) is 42.6 Å². The molecule has 2 aliphatic rings. The van der Waals surface area contributed by atoms with Crippen LogP contribution in [0.4, 0.5) is 8.78 Å². The lowest BCUT2D eigenvalue weighted by molar-refractivity contribution is 0.00749. The van der Waals surface area contributed by atoms with Gasteiger partial charge in [-0.15, -0.1) is 0 Å². The molecule has 168 valence electrons. The fourth-order valence-electron chi connectivity index (χ4n) is 5.07. The van der Waals surface area contributed by atoms with Crippen molar-refractivity contribution >= 4 is 11.6 Å². The van der Waals surface area contributed by atoms with Crippen LogP contribution in [0.5, 0.6) is 0 Å². The Morgan fingerprint density at radius 3 is 2.75 bits per heavy atom. The van der Waals surface area contributed by atoms with Crippen LogP contribution in [0.25, 0.3) is 16.9 Å². The minimum Gasteiger partial charge on any atom is -0.462 e. The molecule has 3 aromatic rings. The zero-order valence-electron chi connectivity index (χ0n) is 17.8. The average Bonchev–Trinajstić information content (AvgIpc) is 3.26. The second kappa shape index (κ2) is 8.94. The molecule has 1 aromatic carbocycles. The number of aromatic nitrogens is 3. The second-order valence-corrected chi connectivity index (χ2v) is 8.63. The summed E-state index contributed by atoms with van der Waals surface area (Å²) in [5.74, 6) is -0.259. The monoisotopic (exact) mass is 440 g/mol. The van der Waals surface area contributed by atoms with Crippen LogP contribution in [0.2, 0.25) is 0 Å². The Morgan fingerprint density at radius 2 is 1.94 bits per heavy atom. The van der Waals surface area contributed by atoms with Crippen LogP contribution in [0.1, 0.15) is 54.6 Å². The molecular formula is C24H26F2N4O2. The third-order valence-corrected chi connectivity index (χ3v) is 6.67. The van der Waals surface area contributed by atoms with E-state index in [1.54, 1.807) is 12.1 Å². The molecule has 2 aromatic heterocycles. The third kappa shape index (κ3) is 3.99. The first-order valence-electron chi connectivity index (χ1n) is 11.3. The predicted molar refractivity (Wildman–Crippen MR) is 116 cm³/mol. The van der Waals surface area contributed by atoms with Crippen LogP contribution in [-0.4, -0.2) is 51.2 Å². The van der Waals surface area contributed by atoms with Crippen molar-refractivity contribution in [3.8, 4) is 11.3 Å². The first-order valence-corrected chi connectivity index (χ1v) is 11.3. The maximum absolute atomic E-state index is 13.7. The molecule has 2 aliphatic heterocycles. The van der Waals surface area contributed by atoms with Gasteiger partial charge in [0.1, 0.15) is 11.3 Å². The molecule has 0 saturated carbocycles. The largest absolute Gasteiger partial charge is 0.462 e. The normalized spacial score (nSPS) is 21.6. The predicted octanol–water partition coefficient (Wildman–Crippen LogP) is 4.76. The van der Waals surface area contributed by atoms with E-state index in [0.717, 1.165) is 36.9 Å². The summed E-state index contributed by atoms with van der Waals surface area (Å²) in [5.41, 5.74) is 0.957. The van der Waals surface area contributed by atoms with Crippen LogP contribution < -0.4 is 0 Å². The van der Waals surface area contributed by atoms with Crippen molar-refractivity contribution in [3.63, 3.8) is 0 Å². The quantitative estimate of drug-likeness (QED) is 0.536. The van der Waals surface area contributed by atoms with Gasteiger partial charge < -0.3 is 4.74 Å². The molecular weight excluding hydrogens is 414 g/mol. The summed E-state index contributed by atoms with van der Waals surface area (Å²) in [4.78, 5) is 19.9. The Morgan fingerprint density at radius 1 is 1.12 bits per heavy atom. The smallest absolute Gasteiger partial charge is 0.343 e.